The molecule has 100 valence electrons. The number of methoxy groups -OCH3 is 1. The van der Waals surface area contributed by atoms with Crippen molar-refractivity contribution in [1.82, 2.24) is 5.01 Å². The quantitative estimate of drug-likeness (QED) is 0.506. The van der Waals surface area contributed by atoms with Crippen LogP contribution in [0, 0.1) is 13.8 Å². The molecule has 2 N–H and O–H groups in total. The molecular formula is C14H22N2O2. The predicted octanol–water partition coefficient (Wildman–Crippen LogP) is 1.92. The van der Waals surface area contributed by atoms with Gasteiger partial charge in [0.25, 0.3) is 0 Å². The van der Waals surface area contributed by atoms with Gasteiger partial charge in [-0.25, -0.2) is 5.84 Å². The molecule has 0 radical (unpaired) electrons. The SMILES string of the molecule is COc1ccc(C(C)(C)C(=O)N(C)N)c(C)c1C. The van der Waals surface area contributed by atoms with E-state index in [1.165, 1.54) is 0 Å². The van der Waals surface area contributed by atoms with Gasteiger partial charge in [-0.1, -0.05) is 6.07 Å². The molecule has 1 aromatic rings. The first-order chi connectivity index (χ1) is 8.23. The first kappa shape index (κ1) is 14.5. The van der Waals surface area contributed by atoms with Gasteiger partial charge in [-0.2, -0.15) is 0 Å². The maximum absolute atomic E-state index is 12.2. The summed E-state index contributed by atoms with van der Waals surface area (Å²) in [4.78, 5) is 12.2. The number of amides is 1. The van der Waals surface area contributed by atoms with Crippen molar-refractivity contribution >= 4 is 5.91 Å². The first-order valence-electron chi connectivity index (χ1n) is 5.91. The van der Waals surface area contributed by atoms with E-state index in [1.807, 2.05) is 39.8 Å². The second-order valence-corrected chi connectivity index (χ2v) is 5.11. The number of ether oxygens (including phenoxy) is 1. The molecule has 0 aliphatic carbocycles. The second kappa shape index (κ2) is 4.98. The highest BCUT2D eigenvalue weighted by Gasteiger charge is 2.33. The van der Waals surface area contributed by atoms with Gasteiger partial charge in [0.05, 0.1) is 12.5 Å². The number of nitrogens with zero attached hydrogens (tertiary/aromatic N) is 1. The number of likely N-dealkylation sites (N-methyl/N-ethyl adjacent to an activating group) is 1. The average Bonchev–Trinajstić information content (AvgIpc) is 2.31. The van der Waals surface area contributed by atoms with Gasteiger partial charge >= 0.3 is 0 Å². The Kier molecular flexibility index (Phi) is 4.02. The van der Waals surface area contributed by atoms with Crippen molar-refractivity contribution in [2.75, 3.05) is 14.2 Å². The van der Waals surface area contributed by atoms with Crippen molar-refractivity contribution in [3.05, 3.63) is 28.8 Å². The zero-order chi connectivity index (χ0) is 14.1. The van der Waals surface area contributed by atoms with Crippen LogP contribution < -0.4 is 10.6 Å². The van der Waals surface area contributed by atoms with E-state index in [2.05, 4.69) is 0 Å². The van der Waals surface area contributed by atoms with Crippen LogP contribution in [0.5, 0.6) is 5.75 Å². The third-order valence-electron chi connectivity index (χ3n) is 3.49. The summed E-state index contributed by atoms with van der Waals surface area (Å²) in [6.07, 6.45) is 0. The monoisotopic (exact) mass is 250 g/mol. The van der Waals surface area contributed by atoms with Crippen LogP contribution in [0.15, 0.2) is 12.1 Å². The smallest absolute Gasteiger partial charge is 0.246 e. The molecule has 0 heterocycles. The van der Waals surface area contributed by atoms with Gasteiger partial charge < -0.3 is 4.74 Å². The highest BCUT2D eigenvalue weighted by molar-refractivity contribution is 5.87. The summed E-state index contributed by atoms with van der Waals surface area (Å²) >= 11 is 0. The first-order valence-corrected chi connectivity index (χ1v) is 5.91. The van der Waals surface area contributed by atoms with E-state index in [-0.39, 0.29) is 5.91 Å². The standard InChI is InChI=1S/C14H22N2O2/c1-9-10(2)12(18-6)8-7-11(9)14(3,4)13(17)16(5)15/h7-8H,15H2,1-6H3. The molecule has 0 fully saturated rings. The second-order valence-electron chi connectivity index (χ2n) is 5.11. The zero-order valence-corrected chi connectivity index (χ0v) is 12.0. The fourth-order valence-electron chi connectivity index (χ4n) is 2.25. The Hall–Kier alpha value is -1.55. The normalized spacial score (nSPS) is 11.3. The lowest BCUT2D eigenvalue weighted by atomic mass is 9.80. The van der Waals surface area contributed by atoms with Crippen LogP contribution in [-0.4, -0.2) is 25.1 Å². The molecule has 0 aliphatic heterocycles. The highest BCUT2D eigenvalue weighted by Crippen LogP contribution is 2.33. The van der Waals surface area contributed by atoms with E-state index in [9.17, 15) is 4.79 Å². The van der Waals surface area contributed by atoms with Gasteiger partial charge in [-0.05, 0) is 50.5 Å². The summed E-state index contributed by atoms with van der Waals surface area (Å²) in [5.74, 6) is 6.28. The third kappa shape index (κ3) is 2.34. The fourth-order valence-corrected chi connectivity index (χ4v) is 2.25. The van der Waals surface area contributed by atoms with Crippen LogP contribution in [0.2, 0.25) is 0 Å². The molecule has 4 nitrogen and oxygen atoms in total. The molecule has 0 unspecified atom stereocenters. The number of benzene rings is 1. The summed E-state index contributed by atoms with van der Waals surface area (Å²) in [7, 11) is 3.21. The van der Waals surface area contributed by atoms with E-state index in [1.54, 1.807) is 14.2 Å². The Morgan fingerprint density at radius 2 is 1.83 bits per heavy atom. The fraction of sp³-hybridized carbons (Fsp3) is 0.500. The van der Waals surface area contributed by atoms with Crippen LogP contribution in [0.4, 0.5) is 0 Å². The highest BCUT2D eigenvalue weighted by atomic mass is 16.5. The minimum absolute atomic E-state index is 0.116. The van der Waals surface area contributed by atoms with Crippen molar-refractivity contribution in [3.8, 4) is 5.75 Å². The topological polar surface area (TPSA) is 55.6 Å². The molecule has 0 atom stereocenters. The van der Waals surface area contributed by atoms with Crippen LogP contribution in [-0.2, 0) is 10.2 Å². The molecule has 0 aromatic heterocycles. The van der Waals surface area contributed by atoms with Crippen LogP contribution in [0.1, 0.15) is 30.5 Å². The van der Waals surface area contributed by atoms with Crippen LogP contribution in [0.3, 0.4) is 0 Å². The van der Waals surface area contributed by atoms with E-state index >= 15 is 0 Å². The molecule has 18 heavy (non-hydrogen) atoms. The maximum Gasteiger partial charge on any atom is 0.246 e. The van der Waals surface area contributed by atoms with Gasteiger partial charge in [0.1, 0.15) is 5.75 Å². The Morgan fingerprint density at radius 1 is 1.28 bits per heavy atom. The lowest BCUT2D eigenvalue weighted by Gasteiger charge is -2.29. The van der Waals surface area contributed by atoms with Gasteiger partial charge in [0.2, 0.25) is 5.91 Å². The molecule has 0 aliphatic rings. The lowest BCUT2D eigenvalue weighted by molar-refractivity contribution is -0.135. The molecule has 0 spiro atoms. The molecular weight excluding hydrogens is 228 g/mol. The van der Waals surface area contributed by atoms with Gasteiger partial charge in [0.15, 0.2) is 0 Å². The minimum Gasteiger partial charge on any atom is -0.496 e. The summed E-state index contributed by atoms with van der Waals surface area (Å²) < 4.78 is 5.28. The number of hydrazine groups is 1. The molecule has 0 saturated heterocycles. The van der Waals surface area contributed by atoms with Crippen LogP contribution in [0.25, 0.3) is 0 Å². The van der Waals surface area contributed by atoms with E-state index in [4.69, 9.17) is 10.6 Å². The molecule has 4 heteroatoms. The number of rotatable bonds is 3. The van der Waals surface area contributed by atoms with Gasteiger partial charge in [-0.15, -0.1) is 0 Å². The van der Waals surface area contributed by atoms with Crippen molar-refractivity contribution in [2.45, 2.75) is 33.1 Å². The minimum atomic E-state index is -0.648. The number of carbonyl (C=O) groups is 1. The van der Waals surface area contributed by atoms with Gasteiger partial charge in [-0.3, -0.25) is 9.80 Å². The van der Waals surface area contributed by atoms with Crippen molar-refractivity contribution < 1.29 is 9.53 Å². The Balaban J connectivity index is 3.34. The number of carbonyl (C=O) groups excluding carboxylic acids is 1. The summed E-state index contributed by atoms with van der Waals surface area (Å²) in [5, 5.41) is 1.14. The molecule has 1 rings (SSSR count). The Morgan fingerprint density at radius 3 is 2.28 bits per heavy atom. The zero-order valence-electron chi connectivity index (χ0n) is 12.0. The van der Waals surface area contributed by atoms with E-state index < -0.39 is 5.41 Å². The maximum atomic E-state index is 12.2. The summed E-state index contributed by atoms with van der Waals surface area (Å²) in [6, 6.07) is 3.83. The Labute approximate surface area is 109 Å². The number of nitrogens with two attached hydrogens (primary N) is 1. The largest absolute Gasteiger partial charge is 0.496 e. The summed E-state index contributed by atoms with van der Waals surface area (Å²) in [5.41, 5.74) is 2.44. The van der Waals surface area contributed by atoms with Gasteiger partial charge in [0, 0.05) is 7.05 Å². The molecule has 1 amide bonds. The van der Waals surface area contributed by atoms with Crippen LogP contribution >= 0.6 is 0 Å². The van der Waals surface area contributed by atoms with E-state index in [0.29, 0.717) is 0 Å². The molecule has 0 bridgehead atoms. The van der Waals surface area contributed by atoms with Crippen molar-refractivity contribution in [1.29, 1.82) is 0 Å². The lowest BCUT2D eigenvalue weighted by Crippen LogP contribution is -2.45. The Bertz CT molecular complexity index is 465. The number of hydrogen-bond acceptors (Lipinski definition) is 3. The van der Waals surface area contributed by atoms with Crippen molar-refractivity contribution in [3.63, 3.8) is 0 Å². The average molecular weight is 250 g/mol. The summed E-state index contributed by atoms with van der Waals surface area (Å²) in [6.45, 7) is 7.75. The number of hydrogen-bond donors (Lipinski definition) is 1. The molecule has 1 aromatic carbocycles. The third-order valence-corrected chi connectivity index (χ3v) is 3.49. The van der Waals surface area contributed by atoms with Crippen molar-refractivity contribution in [2.24, 2.45) is 5.84 Å². The van der Waals surface area contributed by atoms with E-state index in [0.717, 1.165) is 27.4 Å². The predicted molar refractivity (Wildman–Crippen MR) is 72.5 cm³/mol. The molecule has 0 saturated carbocycles.